The molecule has 2 aromatic rings. The van der Waals surface area contributed by atoms with E-state index in [1.165, 1.54) is 5.56 Å². The lowest BCUT2D eigenvalue weighted by Crippen LogP contribution is -2.47. The third kappa shape index (κ3) is 3.61. The van der Waals surface area contributed by atoms with Gasteiger partial charge >= 0.3 is 0 Å². The first-order chi connectivity index (χ1) is 11.0. The van der Waals surface area contributed by atoms with Crippen LogP contribution >= 0.6 is 0 Å². The van der Waals surface area contributed by atoms with E-state index >= 15 is 0 Å². The number of aryl methyl sites for hydroxylation is 1. The van der Waals surface area contributed by atoms with E-state index in [2.05, 4.69) is 34.2 Å². The molecule has 0 aliphatic carbocycles. The van der Waals surface area contributed by atoms with Gasteiger partial charge < -0.3 is 5.11 Å². The van der Waals surface area contributed by atoms with Crippen molar-refractivity contribution < 1.29 is 5.11 Å². The molecule has 23 heavy (non-hydrogen) atoms. The number of hydrogen-bond donors (Lipinski definition) is 1. The van der Waals surface area contributed by atoms with E-state index in [9.17, 15) is 5.11 Å². The zero-order valence-electron chi connectivity index (χ0n) is 14.2. The summed E-state index contributed by atoms with van der Waals surface area (Å²) in [4.78, 5) is 2.29. The Morgan fingerprint density at radius 1 is 1.30 bits per heavy atom. The van der Waals surface area contributed by atoms with E-state index in [0.717, 1.165) is 32.5 Å². The van der Waals surface area contributed by atoms with Crippen LogP contribution < -0.4 is 0 Å². The summed E-state index contributed by atoms with van der Waals surface area (Å²) in [6.07, 6.45) is 7.50. The van der Waals surface area contributed by atoms with Gasteiger partial charge in [-0.3, -0.25) is 9.58 Å². The zero-order chi connectivity index (χ0) is 16.4. The summed E-state index contributed by atoms with van der Waals surface area (Å²) in [6.45, 7) is 9.47. The summed E-state index contributed by atoms with van der Waals surface area (Å²) in [6, 6.07) is 0.252. The van der Waals surface area contributed by atoms with E-state index < -0.39 is 5.60 Å². The molecule has 1 saturated heterocycles. The minimum absolute atomic E-state index is 0.252. The third-order valence-corrected chi connectivity index (χ3v) is 4.47. The summed E-state index contributed by atoms with van der Waals surface area (Å²) >= 11 is 0. The van der Waals surface area contributed by atoms with Crippen LogP contribution in [0.5, 0.6) is 0 Å². The van der Waals surface area contributed by atoms with Crippen LogP contribution in [0.4, 0.5) is 0 Å². The molecule has 126 valence electrons. The number of nitrogens with zero attached hydrogens (tertiary/aromatic N) is 6. The van der Waals surface area contributed by atoms with Gasteiger partial charge in [-0.1, -0.05) is 5.21 Å². The molecule has 1 aliphatic heterocycles. The molecule has 3 heterocycles. The van der Waals surface area contributed by atoms with Gasteiger partial charge in [-0.2, -0.15) is 5.10 Å². The molecule has 1 fully saturated rings. The molecule has 1 aliphatic rings. The summed E-state index contributed by atoms with van der Waals surface area (Å²) < 4.78 is 3.76. The average molecular weight is 318 g/mol. The highest BCUT2D eigenvalue weighted by Gasteiger charge is 2.37. The molecule has 0 radical (unpaired) electrons. The maximum atomic E-state index is 11.0. The van der Waals surface area contributed by atoms with Gasteiger partial charge in [0.05, 0.1) is 18.9 Å². The molecule has 7 heteroatoms. The average Bonchev–Trinajstić information content (AvgIpc) is 3.14. The van der Waals surface area contributed by atoms with Crippen LogP contribution in [0, 0.1) is 6.92 Å². The van der Waals surface area contributed by atoms with Gasteiger partial charge in [0.1, 0.15) is 11.3 Å². The van der Waals surface area contributed by atoms with Crippen molar-refractivity contribution in [2.75, 3.05) is 19.6 Å². The third-order valence-electron chi connectivity index (χ3n) is 4.47. The SMILES string of the molecule is Cc1cnn(CCN2CCC[C@](O)(c3cn(C(C)C)nn3)C2)c1. The predicted molar refractivity (Wildman–Crippen MR) is 86.9 cm³/mol. The van der Waals surface area contributed by atoms with Gasteiger partial charge in [-0.15, -0.1) is 5.10 Å². The number of rotatable bonds is 5. The maximum Gasteiger partial charge on any atom is 0.123 e. The molecule has 0 amide bonds. The molecule has 1 N–H and O–H groups in total. The maximum absolute atomic E-state index is 11.0. The molecule has 3 rings (SSSR count). The van der Waals surface area contributed by atoms with Crippen molar-refractivity contribution in [3.8, 4) is 0 Å². The van der Waals surface area contributed by atoms with E-state index in [0.29, 0.717) is 12.2 Å². The number of β-amino-alcohol motifs (C(OH)–C–C–N with tert-alkyl or cyclic N) is 1. The van der Waals surface area contributed by atoms with Crippen LogP contribution in [0.2, 0.25) is 0 Å². The molecule has 0 saturated carbocycles. The molecular formula is C16H26N6O. The fraction of sp³-hybridized carbons (Fsp3) is 0.688. The molecule has 0 spiro atoms. The number of likely N-dealkylation sites (tertiary alicyclic amines) is 1. The van der Waals surface area contributed by atoms with Gasteiger partial charge in [0.15, 0.2) is 0 Å². The molecule has 0 aromatic carbocycles. The number of aromatic nitrogens is 5. The highest BCUT2D eigenvalue weighted by atomic mass is 16.3. The molecule has 0 unspecified atom stereocenters. The van der Waals surface area contributed by atoms with E-state index in [4.69, 9.17) is 0 Å². The van der Waals surface area contributed by atoms with E-state index in [1.54, 1.807) is 4.68 Å². The minimum atomic E-state index is -0.897. The second-order valence-electron chi connectivity index (χ2n) is 6.87. The molecule has 0 bridgehead atoms. The fourth-order valence-electron chi connectivity index (χ4n) is 3.10. The van der Waals surface area contributed by atoms with Gasteiger partial charge in [-0.25, -0.2) is 4.68 Å². The first-order valence-corrected chi connectivity index (χ1v) is 8.32. The minimum Gasteiger partial charge on any atom is -0.382 e. The monoisotopic (exact) mass is 318 g/mol. The summed E-state index contributed by atoms with van der Waals surface area (Å²) in [5.74, 6) is 0. The van der Waals surface area contributed by atoms with Crippen molar-refractivity contribution in [2.24, 2.45) is 0 Å². The Morgan fingerprint density at radius 2 is 2.13 bits per heavy atom. The second kappa shape index (κ2) is 6.41. The van der Waals surface area contributed by atoms with Crippen molar-refractivity contribution in [3.05, 3.63) is 29.8 Å². The Kier molecular flexibility index (Phi) is 4.50. The standard InChI is InChI=1S/C16H26N6O/c1-13(2)22-11-15(18-19-22)16(23)5-4-6-20(12-16)7-8-21-10-14(3)9-17-21/h9-11,13,23H,4-8,12H2,1-3H3/t16-/m1/s1. The Bertz CT molecular complexity index is 649. The van der Waals surface area contributed by atoms with Crippen molar-refractivity contribution in [2.45, 2.75) is 51.8 Å². The lowest BCUT2D eigenvalue weighted by Gasteiger charge is -2.37. The van der Waals surface area contributed by atoms with Crippen LogP contribution in [-0.4, -0.2) is 54.4 Å². The molecular weight excluding hydrogens is 292 g/mol. The zero-order valence-corrected chi connectivity index (χ0v) is 14.2. The van der Waals surface area contributed by atoms with Gasteiger partial charge in [-0.05, 0) is 45.7 Å². The Hall–Kier alpha value is -1.73. The smallest absolute Gasteiger partial charge is 0.123 e. The number of piperidine rings is 1. The lowest BCUT2D eigenvalue weighted by molar-refractivity contribution is -0.0398. The van der Waals surface area contributed by atoms with Gasteiger partial charge in [0.25, 0.3) is 0 Å². The van der Waals surface area contributed by atoms with Gasteiger partial charge in [0.2, 0.25) is 0 Å². The summed E-state index contributed by atoms with van der Waals surface area (Å²) in [5, 5.41) is 23.7. The highest BCUT2D eigenvalue weighted by Crippen LogP contribution is 2.30. The first kappa shape index (κ1) is 16.1. The fourth-order valence-corrected chi connectivity index (χ4v) is 3.10. The topological polar surface area (TPSA) is 72.0 Å². The molecule has 7 nitrogen and oxygen atoms in total. The van der Waals surface area contributed by atoms with Crippen molar-refractivity contribution in [1.82, 2.24) is 29.7 Å². The molecule has 2 aromatic heterocycles. The normalized spacial score (nSPS) is 22.8. The highest BCUT2D eigenvalue weighted by molar-refractivity contribution is 5.10. The van der Waals surface area contributed by atoms with E-state index in [1.807, 2.05) is 30.2 Å². The Balaban J connectivity index is 1.64. The molecule has 1 atom stereocenters. The number of aliphatic hydroxyl groups is 1. The van der Waals surface area contributed by atoms with Crippen LogP contribution in [0.25, 0.3) is 0 Å². The van der Waals surface area contributed by atoms with Crippen LogP contribution in [-0.2, 0) is 12.1 Å². The first-order valence-electron chi connectivity index (χ1n) is 8.32. The van der Waals surface area contributed by atoms with Crippen molar-refractivity contribution in [1.29, 1.82) is 0 Å². The van der Waals surface area contributed by atoms with Gasteiger partial charge in [0, 0.05) is 25.3 Å². The Morgan fingerprint density at radius 3 is 2.78 bits per heavy atom. The van der Waals surface area contributed by atoms with Crippen molar-refractivity contribution in [3.63, 3.8) is 0 Å². The summed E-state index contributed by atoms with van der Waals surface area (Å²) in [7, 11) is 0. The largest absolute Gasteiger partial charge is 0.382 e. The van der Waals surface area contributed by atoms with Crippen LogP contribution in [0.3, 0.4) is 0 Å². The summed E-state index contributed by atoms with van der Waals surface area (Å²) in [5.41, 5.74) is 0.960. The van der Waals surface area contributed by atoms with Crippen LogP contribution in [0.1, 0.15) is 44.0 Å². The Labute approximate surface area is 136 Å². The number of hydrogen-bond acceptors (Lipinski definition) is 5. The quantitative estimate of drug-likeness (QED) is 0.901. The predicted octanol–water partition coefficient (Wildman–Crippen LogP) is 1.35. The van der Waals surface area contributed by atoms with E-state index in [-0.39, 0.29) is 6.04 Å². The lowest BCUT2D eigenvalue weighted by atomic mass is 9.90. The van der Waals surface area contributed by atoms with Crippen molar-refractivity contribution >= 4 is 0 Å². The van der Waals surface area contributed by atoms with Crippen LogP contribution in [0.15, 0.2) is 18.6 Å². The second-order valence-corrected chi connectivity index (χ2v) is 6.87.